The fourth-order valence-electron chi connectivity index (χ4n) is 4.43. The number of H-pyrrole nitrogens is 1. The highest BCUT2D eigenvalue weighted by Gasteiger charge is 2.25. The van der Waals surface area contributed by atoms with Crippen molar-refractivity contribution in [1.29, 1.82) is 0 Å². The molecule has 0 radical (unpaired) electrons. The first kappa shape index (κ1) is 24.5. The van der Waals surface area contributed by atoms with Crippen LogP contribution in [-0.4, -0.2) is 35.3 Å². The number of hydrogen-bond donors (Lipinski definition) is 2. The lowest BCUT2D eigenvalue weighted by Crippen LogP contribution is -2.05. The number of rotatable bonds is 10. The minimum absolute atomic E-state index is 0.00954. The van der Waals surface area contributed by atoms with E-state index in [1.807, 2.05) is 54.7 Å². The zero-order valence-corrected chi connectivity index (χ0v) is 21.2. The van der Waals surface area contributed by atoms with Crippen molar-refractivity contribution in [2.24, 2.45) is 0 Å². The molecular weight excluding hydrogens is 460 g/mol. The molecule has 7 heteroatoms. The maximum absolute atomic E-state index is 11.6. The summed E-state index contributed by atoms with van der Waals surface area (Å²) in [7, 11) is 3.31. The molecule has 35 heavy (non-hydrogen) atoms. The van der Waals surface area contributed by atoms with Crippen molar-refractivity contribution in [2.75, 3.05) is 14.2 Å². The molecule has 2 aromatic heterocycles. The Morgan fingerprint density at radius 1 is 0.971 bits per heavy atom. The molecule has 0 aliphatic heterocycles. The maximum atomic E-state index is 11.6. The number of ether oxygens (including phenoxy) is 2. The number of nitrogens with one attached hydrogen (secondary N) is 1. The summed E-state index contributed by atoms with van der Waals surface area (Å²) in [5.74, 6) is 1.00. The number of carbonyl (C=O) groups is 1. The lowest BCUT2D eigenvalue weighted by Gasteiger charge is -2.15. The number of aromatic amines is 1. The number of nitrogens with zero attached hydrogens (tertiary/aromatic N) is 1. The Balaban J connectivity index is 1.89. The molecule has 182 valence electrons. The monoisotopic (exact) mass is 490 g/mol. The topological polar surface area (TPSA) is 84.4 Å². The summed E-state index contributed by atoms with van der Waals surface area (Å²) in [6, 6.07) is 15.9. The molecule has 0 saturated heterocycles. The zero-order chi connectivity index (χ0) is 24.9. The Morgan fingerprint density at radius 3 is 2.06 bits per heavy atom. The van der Waals surface area contributed by atoms with Gasteiger partial charge in [0.15, 0.2) is 0 Å². The van der Waals surface area contributed by atoms with Gasteiger partial charge in [0, 0.05) is 11.8 Å². The zero-order valence-electron chi connectivity index (χ0n) is 20.4. The van der Waals surface area contributed by atoms with Crippen molar-refractivity contribution in [3.8, 4) is 43.9 Å². The van der Waals surface area contributed by atoms with Crippen LogP contribution in [0.25, 0.3) is 32.4 Å². The van der Waals surface area contributed by atoms with Crippen LogP contribution in [0.4, 0.5) is 0 Å². The Labute approximate surface area is 209 Å². The minimum atomic E-state index is -0.834. The van der Waals surface area contributed by atoms with Crippen LogP contribution in [0.1, 0.15) is 43.7 Å². The van der Waals surface area contributed by atoms with Gasteiger partial charge in [-0.05, 0) is 84.0 Å². The lowest BCUT2D eigenvalue weighted by molar-refractivity contribution is -0.136. The summed E-state index contributed by atoms with van der Waals surface area (Å²) in [6.07, 6.45) is 3.68. The third kappa shape index (κ3) is 5.10. The summed E-state index contributed by atoms with van der Waals surface area (Å²) < 4.78 is 10.7. The molecule has 0 spiro atoms. The minimum Gasteiger partial charge on any atom is -0.497 e. The molecule has 0 bridgehead atoms. The van der Waals surface area contributed by atoms with Crippen molar-refractivity contribution in [2.45, 2.75) is 39.0 Å². The van der Waals surface area contributed by atoms with Crippen molar-refractivity contribution in [3.63, 3.8) is 0 Å². The first-order valence-corrected chi connectivity index (χ1v) is 12.5. The van der Waals surface area contributed by atoms with Gasteiger partial charge in [-0.25, -0.2) is 4.98 Å². The molecule has 0 fully saturated rings. The molecule has 2 N–H and O–H groups in total. The molecule has 0 saturated carbocycles. The number of thiazole rings is 1. The number of aliphatic carboxylic acids is 1. The molecule has 0 amide bonds. The Kier molecular flexibility index (Phi) is 7.56. The maximum Gasteiger partial charge on any atom is 0.307 e. The van der Waals surface area contributed by atoms with Crippen molar-refractivity contribution < 1.29 is 19.4 Å². The number of carboxylic acid groups (broad SMARTS) is 1. The van der Waals surface area contributed by atoms with Crippen LogP contribution in [0, 0.1) is 0 Å². The van der Waals surface area contributed by atoms with Crippen molar-refractivity contribution >= 4 is 17.3 Å². The molecular formula is C28H30N2O4S. The van der Waals surface area contributed by atoms with E-state index in [4.69, 9.17) is 14.5 Å². The number of hydrogen-bond acceptors (Lipinski definition) is 5. The molecule has 0 aliphatic rings. The van der Waals surface area contributed by atoms with E-state index >= 15 is 0 Å². The van der Waals surface area contributed by atoms with Crippen LogP contribution >= 0.6 is 11.3 Å². The number of aromatic nitrogens is 2. The van der Waals surface area contributed by atoms with Crippen LogP contribution in [0.5, 0.6) is 11.5 Å². The Morgan fingerprint density at radius 2 is 1.54 bits per heavy atom. The molecule has 0 aliphatic carbocycles. The van der Waals surface area contributed by atoms with Crippen LogP contribution in [0.3, 0.4) is 0 Å². The fraction of sp³-hybridized carbons (Fsp3) is 0.286. The summed E-state index contributed by atoms with van der Waals surface area (Å²) in [5.41, 5.74) is 5.71. The molecule has 2 heterocycles. The van der Waals surface area contributed by atoms with Gasteiger partial charge in [0.25, 0.3) is 0 Å². The summed E-state index contributed by atoms with van der Waals surface area (Å²) in [6.45, 7) is 4.28. The largest absolute Gasteiger partial charge is 0.497 e. The predicted octanol–water partition coefficient (Wildman–Crippen LogP) is 7.02. The second kappa shape index (κ2) is 10.8. The smallest absolute Gasteiger partial charge is 0.307 e. The van der Waals surface area contributed by atoms with Crippen molar-refractivity contribution in [3.05, 3.63) is 65.9 Å². The molecule has 2 aromatic carbocycles. The number of benzene rings is 2. The highest BCUT2D eigenvalue weighted by Crippen LogP contribution is 2.44. The standard InChI is InChI=1S/C28H30N2O4S/c1-5-17(6-2)24-20(15-23(31)32)16-29-26(24)28-30-25(18-7-11-21(33-3)12-8-18)27(35-28)19-9-13-22(34-4)14-10-19/h7-14,16-17,29H,5-6,15H2,1-4H3,(H,31,32). The van der Waals surface area contributed by atoms with E-state index in [1.165, 1.54) is 0 Å². The van der Waals surface area contributed by atoms with Crippen LogP contribution in [-0.2, 0) is 11.2 Å². The van der Waals surface area contributed by atoms with Gasteiger partial charge in [-0.3, -0.25) is 4.79 Å². The average Bonchev–Trinajstić information content (AvgIpc) is 3.50. The van der Waals surface area contributed by atoms with Crippen LogP contribution in [0.15, 0.2) is 54.7 Å². The number of carboxylic acids is 1. The molecule has 6 nitrogen and oxygen atoms in total. The number of methoxy groups -OCH3 is 2. The molecule has 4 aromatic rings. The van der Waals surface area contributed by atoms with E-state index in [0.29, 0.717) is 0 Å². The summed E-state index contributed by atoms with van der Waals surface area (Å²) in [5, 5.41) is 10.3. The van der Waals surface area contributed by atoms with Crippen LogP contribution < -0.4 is 9.47 Å². The third-order valence-corrected chi connectivity index (χ3v) is 7.42. The first-order chi connectivity index (χ1) is 17.0. The van der Waals surface area contributed by atoms with E-state index in [2.05, 4.69) is 18.8 Å². The fourth-order valence-corrected chi connectivity index (χ4v) is 5.55. The highest BCUT2D eigenvalue weighted by molar-refractivity contribution is 7.19. The van der Waals surface area contributed by atoms with Gasteiger partial charge in [-0.15, -0.1) is 11.3 Å². The van der Waals surface area contributed by atoms with E-state index in [9.17, 15) is 9.90 Å². The van der Waals surface area contributed by atoms with E-state index in [0.717, 1.165) is 67.9 Å². The van der Waals surface area contributed by atoms with E-state index in [1.54, 1.807) is 25.6 Å². The van der Waals surface area contributed by atoms with Gasteiger partial charge in [0.05, 0.1) is 36.9 Å². The average molecular weight is 491 g/mol. The first-order valence-electron chi connectivity index (χ1n) is 11.7. The van der Waals surface area contributed by atoms with Gasteiger partial charge in [0.1, 0.15) is 16.5 Å². The normalized spacial score (nSPS) is 11.1. The van der Waals surface area contributed by atoms with Gasteiger partial charge in [0.2, 0.25) is 0 Å². The second-order valence-electron chi connectivity index (χ2n) is 8.34. The third-order valence-electron chi connectivity index (χ3n) is 6.30. The van der Waals surface area contributed by atoms with Gasteiger partial charge in [-0.1, -0.05) is 13.8 Å². The Bertz CT molecular complexity index is 1220. The summed E-state index contributed by atoms with van der Waals surface area (Å²) in [4.78, 5) is 21.1. The highest BCUT2D eigenvalue weighted by atomic mass is 32.1. The molecule has 0 unspecified atom stereocenters. The second-order valence-corrected chi connectivity index (χ2v) is 9.34. The molecule has 4 rings (SSSR count). The molecule has 0 atom stereocenters. The van der Waals surface area contributed by atoms with Gasteiger partial charge < -0.3 is 19.6 Å². The predicted molar refractivity (Wildman–Crippen MR) is 141 cm³/mol. The Hall–Kier alpha value is -3.58. The van der Waals surface area contributed by atoms with Crippen molar-refractivity contribution in [1.82, 2.24) is 9.97 Å². The van der Waals surface area contributed by atoms with E-state index < -0.39 is 5.97 Å². The lowest BCUT2D eigenvalue weighted by atomic mass is 9.90. The van der Waals surface area contributed by atoms with Crippen LogP contribution in [0.2, 0.25) is 0 Å². The van der Waals surface area contributed by atoms with Gasteiger partial charge >= 0.3 is 5.97 Å². The summed E-state index contributed by atoms with van der Waals surface area (Å²) >= 11 is 1.61. The SMILES string of the molecule is CCC(CC)c1c(CC(=O)O)c[nH]c1-c1nc(-c2ccc(OC)cc2)c(-c2ccc(OC)cc2)s1. The quantitative estimate of drug-likeness (QED) is 0.249. The van der Waals surface area contributed by atoms with E-state index in [-0.39, 0.29) is 12.3 Å². The van der Waals surface area contributed by atoms with Gasteiger partial charge in [-0.2, -0.15) is 0 Å².